The van der Waals surface area contributed by atoms with Crippen molar-refractivity contribution in [2.75, 3.05) is 5.75 Å². The first-order valence-corrected chi connectivity index (χ1v) is 13.7. The second kappa shape index (κ2) is 13.5. The average Bonchev–Trinajstić information content (AvgIpc) is 2.85. The largest absolute Gasteiger partial charge is 0.350 e. The predicted octanol–water partition coefficient (Wildman–Crippen LogP) is 6.77. The van der Waals surface area contributed by atoms with Crippen LogP contribution in [0.4, 0.5) is 0 Å². The molecule has 0 fully saturated rings. The molecule has 1 N–H and O–H groups in total. The van der Waals surface area contributed by atoms with Crippen molar-refractivity contribution in [2.45, 2.75) is 63.1 Å². The third kappa shape index (κ3) is 9.36. The Hall–Kier alpha value is -2.76. The van der Waals surface area contributed by atoms with Gasteiger partial charge in [-0.05, 0) is 68.3 Å². The first kappa shape index (κ1) is 27.8. The minimum absolute atomic E-state index is 0.0134. The molecule has 2 amide bonds. The van der Waals surface area contributed by atoms with E-state index < -0.39 is 11.6 Å². The van der Waals surface area contributed by atoms with Gasteiger partial charge in [0.05, 0.1) is 0 Å². The van der Waals surface area contributed by atoms with Crippen LogP contribution in [0.5, 0.6) is 0 Å². The standard InChI is InChI=1S/C30H35ClN2O2S/c1-30(2,3)32-29(35)27(21-23-11-6-4-7-12-23)33(22-24-13-8-5-9-14-24)28(34)15-10-20-36-26-18-16-25(31)17-19-26/h4-9,11-14,16-19,27H,10,15,20-22H2,1-3H3,(H,32,35)/t27-/m0/s1. The maximum atomic E-state index is 13.6. The van der Waals surface area contributed by atoms with Crippen LogP contribution in [0.2, 0.25) is 5.02 Å². The first-order valence-electron chi connectivity index (χ1n) is 12.3. The van der Waals surface area contributed by atoms with Gasteiger partial charge in [0, 0.05) is 34.8 Å². The summed E-state index contributed by atoms with van der Waals surface area (Å²) in [6.07, 6.45) is 1.55. The molecule has 0 aliphatic heterocycles. The summed E-state index contributed by atoms with van der Waals surface area (Å²) in [5, 5.41) is 3.82. The topological polar surface area (TPSA) is 49.4 Å². The van der Waals surface area contributed by atoms with Crippen molar-refractivity contribution in [2.24, 2.45) is 0 Å². The van der Waals surface area contributed by atoms with E-state index in [2.05, 4.69) is 5.32 Å². The Balaban J connectivity index is 1.78. The molecule has 0 saturated carbocycles. The molecule has 1 atom stereocenters. The number of thioether (sulfide) groups is 1. The molecule has 0 radical (unpaired) electrons. The number of halogens is 1. The molecule has 0 aromatic heterocycles. The van der Waals surface area contributed by atoms with E-state index in [0.717, 1.165) is 28.2 Å². The third-order valence-corrected chi connectivity index (χ3v) is 6.93. The van der Waals surface area contributed by atoms with E-state index in [1.807, 2.05) is 106 Å². The fourth-order valence-electron chi connectivity index (χ4n) is 3.87. The second-order valence-electron chi connectivity index (χ2n) is 9.86. The Morgan fingerprint density at radius 2 is 1.47 bits per heavy atom. The summed E-state index contributed by atoms with van der Waals surface area (Å²) in [5.41, 5.74) is 1.63. The quantitative estimate of drug-likeness (QED) is 0.223. The molecule has 3 aromatic rings. The van der Waals surface area contributed by atoms with Crippen LogP contribution < -0.4 is 5.32 Å². The molecule has 6 heteroatoms. The fourth-order valence-corrected chi connectivity index (χ4v) is 4.85. The van der Waals surface area contributed by atoms with Crippen LogP contribution in [-0.2, 0) is 22.6 Å². The van der Waals surface area contributed by atoms with Crippen molar-refractivity contribution in [3.05, 3.63) is 101 Å². The average molecular weight is 523 g/mol. The normalized spacial score (nSPS) is 12.1. The van der Waals surface area contributed by atoms with Gasteiger partial charge < -0.3 is 10.2 Å². The highest BCUT2D eigenvalue weighted by molar-refractivity contribution is 7.99. The highest BCUT2D eigenvalue weighted by Crippen LogP contribution is 2.22. The molecule has 0 heterocycles. The Bertz CT molecular complexity index is 1100. The maximum absolute atomic E-state index is 13.6. The molecule has 3 rings (SSSR count). The zero-order chi connectivity index (χ0) is 26.0. The van der Waals surface area contributed by atoms with Crippen LogP contribution >= 0.6 is 23.4 Å². The number of nitrogens with zero attached hydrogens (tertiary/aromatic N) is 1. The summed E-state index contributed by atoms with van der Waals surface area (Å²) in [6.45, 7) is 6.27. The molecule has 0 aliphatic rings. The highest BCUT2D eigenvalue weighted by atomic mass is 35.5. The summed E-state index contributed by atoms with van der Waals surface area (Å²) < 4.78 is 0. The summed E-state index contributed by atoms with van der Waals surface area (Å²) in [4.78, 5) is 30.0. The van der Waals surface area contributed by atoms with Gasteiger partial charge in [0.1, 0.15) is 6.04 Å². The molecule has 0 aliphatic carbocycles. The minimum Gasteiger partial charge on any atom is -0.350 e. The van der Waals surface area contributed by atoms with Crippen LogP contribution in [0.1, 0.15) is 44.7 Å². The fraction of sp³-hybridized carbons (Fsp3) is 0.333. The zero-order valence-electron chi connectivity index (χ0n) is 21.2. The van der Waals surface area contributed by atoms with Crippen molar-refractivity contribution in [1.29, 1.82) is 0 Å². The number of carbonyl (C=O) groups excluding carboxylic acids is 2. The van der Waals surface area contributed by atoms with Crippen LogP contribution in [-0.4, -0.2) is 34.0 Å². The summed E-state index contributed by atoms with van der Waals surface area (Å²) in [6, 6.07) is 26.9. The number of nitrogens with one attached hydrogen (secondary N) is 1. The van der Waals surface area contributed by atoms with Crippen molar-refractivity contribution in [1.82, 2.24) is 10.2 Å². The monoisotopic (exact) mass is 522 g/mol. The smallest absolute Gasteiger partial charge is 0.243 e. The molecule has 3 aromatic carbocycles. The van der Waals surface area contributed by atoms with Gasteiger partial charge in [-0.1, -0.05) is 72.3 Å². The molecule has 0 saturated heterocycles. The SMILES string of the molecule is CC(C)(C)NC(=O)[C@H](Cc1ccccc1)N(Cc1ccccc1)C(=O)CCCSc1ccc(Cl)cc1. The van der Waals surface area contributed by atoms with Gasteiger partial charge in [-0.2, -0.15) is 0 Å². The molecule has 0 unspecified atom stereocenters. The number of hydrogen-bond acceptors (Lipinski definition) is 3. The Morgan fingerprint density at radius 3 is 2.06 bits per heavy atom. The van der Waals surface area contributed by atoms with Crippen LogP contribution in [0, 0.1) is 0 Å². The molecular weight excluding hydrogens is 488 g/mol. The first-order chi connectivity index (χ1) is 17.2. The predicted molar refractivity (Wildman–Crippen MR) is 150 cm³/mol. The highest BCUT2D eigenvalue weighted by Gasteiger charge is 2.31. The van der Waals surface area contributed by atoms with E-state index in [9.17, 15) is 9.59 Å². The molecule has 4 nitrogen and oxygen atoms in total. The minimum atomic E-state index is -0.608. The van der Waals surface area contributed by atoms with Crippen LogP contribution in [0.25, 0.3) is 0 Å². The van der Waals surface area contributed by atoms with E-state index in [1.165, 1.54) is 0 Å². The van der Waals surface area contributed by atoms with Gasteiger partial charge >= 0.3 is 0 Å². The second-order valence-corrected chi connectivity index (χ2v) is 11.5. The summed E-state index contributed by atoms with van der Waals surface area (Å²) in [5.74, 6) is 0.663. The van der Waals surface area contributed by atoms with Crippen molar-refractivity contribution < 1.29 is 9.59 Å². The van der Waals surface area contributed by atoms with Crippen molar-refractivity contribution >= 4 is 35.2 Å². The maximum Gasteiger partial charge on any atom is 0.243 e. The van der Waals surface area contributed by atoms with E-state index in [-0.39, 0.29) is 11.8 Å². The van der Waals surface area contributed by atoms with E-state index in [1.54, 1.807) is 16.7 Å². The lowest BCUT2D eigenvalue weighted by Crippen LogP contribution is -2.54. The molecule has 0 bridgehead atoms. The molecule has 190 valence electrons. The van der Waals surface area contributed by atoms with E-state index >= 15 is 0 Å². The number of benzene rings is 3. The van der Waals surface area contributed by atoms with E-state index in [4.69, 9.17) is 11.6 Å². The summed E-state index contributed by atoms with van der Waals surface area (Å²) in [7, 11) is 0. The van der Waals surface area contributed by atoms with Gasteiger partial charge in [-0.15, -0.1) is 11.8 Å². The lowest BCUT2D eigenvalue weighted by molar-refractivity contribution is -0.142. The Morgan fingerprint density at radius 1 is 0.889 bits per heavy atom. The zero-order valence-corrected chi connectivity index (χ0v) is 22.8. The molecule has 36 heavy (non-hydrogen) atoms. The Labute approximate surface area is 224 Å². The van der Waals surface area contributed by atoms with Crippen LogP contribution in [0.3, 0.4) is 0 Å². The molecule has 0 spiro atoms. The Kier molecular flexibility index (Phi) is 10.4. The van der Waals surface area contributed by atoms with E-state index in [0.29, 0.717) is 24.4 Å². The lowest BCUT2D eigenvalue weighted by Gasteiger charge is -2.34. The third-order valence-electron chi connectivity index (χ3n) is 5.58. The van der Waals surface area contributed by atoms with Gasteiger partial charge in [-0.25, -0.2) is 0 Å². The number of carbonyl (C=O) groups is 2. The van der Waals surface area contributed by atoms with Gasteiger partial charge in [0.15, 0.2) is 0 Å². The van der Waals surface area contributed by atoms with Gasteiger partial charge in [0.2, 0.25) is 11.8 Å². The van der Waals surface area contributed by atoms with Crippen molar-refractivity contribution in [3.8, 4) is 0 Å². The van der Waals surface area contributed by atoms with Gasteiger partial charge in [-0.3, -0.25) is 9.59 Å². The number of rotatable bonds is 11. The van der Waals surface area contributed by atoms with Crippen LogP contribution in [0.15, 0.2) is 89.8 Å². The van der Waals surface area contributed by atoms with Gasteiger partial charge in [0.25, 0.3) is 0 Å². The number of hydrogen-bond donors (Lipinski definition) is 1. The lowest BCUT2D eigenvalue weighted by atomic mass is 10.00. The number of amides is 2. The summed E-state index contributed by atoms with van der Waals surface area (Å²) >= 11 is 7.68. The molecular formula is C30H35ClN2O2S. The van der Waals surface area contributed by atoms with Crippen molar-refractivity contribution in [3.63, 3.8) is 0 Å².